The lowest BCUT2D eigenvalue weighted by Gasteiger charge is -2.06. The van der Waals surface area contributed by atoms with Gasteiger partial charge >= 0.3 is 0 Å². The molecule has 1 aromatic heterocycles. The molecule has 19 heavy (non-hydrogen) atoms. The molecule has 0 radical (unpaired) electrons. The van der Waals surface area contributed by atoms with Gasteiger partial charge in [-0.15, -0.1) is 0 Å². The van der Waals surface area contributed by atoms with Crippen LogP contribution in [0.15, 0.2) is 36.5 Å². The van der Waals surface area contributed by atoms with Crippen LogP contribution in [0.3, 0.4) is 0 Å². The molecule has 0 saturated heterocycles. The second-order valence-electron chi connectivity index (χ2n) is 3.91. The zero-order chi connectivity index (χ0) is 13.8. The molecular formula is C14H11FN2O2. The zero-order valence-electron chi connectivity index (χ0n) is 10.3. The first-order valence-electron chi connectivity index (χ1n) is 5.57. The Kier molecular flexibility index (Phi) is 3.62. The molecular weight excluding hydrogens is 247 g/mol. The Bertz CT molecular complexity index is 656. The summed E-state index contributed by atoms with van der Waals surface area (Å²) < 4.78 is 19.8. The number of hydrogen-bond acceptors (Lipinski definition) is 3. The first-order chi connectivity index (χ1) is 9.15. The molecule has 2 aromatic rings. The van der Waals surface area contributed by atoms with Crippen LogP contribution < -0.4 is 4.74 Å². The van der Waals surface area contributed by atoms with Gasteiger partial charge in [0.2, 0.25) is 0 Å². The number of nitrogens with zero attached hydrogens (tertiary/aromatic N) is 2. The van der Waals surface area contributed by atoms with Crippen molar-refractivity contribution in [1.29, 1.82) is 5.26 Å². The van der Waals surface area contributed by atoms with E-state index in [1.807, 2.05) is 6.07 Å². The van der Waals surface area contributed by atoms with Crippen LogP contribution in [-0.4, -0.2) is 17.5 Å². The average Bonchev–Trinajstić information content (AvgIpc) is 2.85. The van der Waals surface area contributed by atoms with Crippen LogP contribution in [-0.2, 0) is 6.54 Å². The topological polar surface area (TPSA) is 55.0 Å². The SMILES string of the molecule is COc1ccc(C(=O)Cn2cccc2C#N)cc1F. The van der Waals surface area contributed by atoms with Gasteiger partial charge in [-0.05, 0) is 30.3 Å². The number of methoxy groups -OCH3 is 1. The van der Waals surface area contributed by atoms with Gasteiger partial charge in [-0.2, -0.15) is 5.26 Å². The van der Waals surface area contributed by atoms with Gasteiger partial charge in [0.25, 0.3) is 0 Å². The van der Waals surface area contributed by atoms with Crippen molar-refractivity contribution >= 4 is 5.78 Å². The number of benzene rings is 1. The van der Waals surface area contributed by atoms with E-state index in [0.717, 1.165) is 6.07 Å². The summed E-state index contributed by atoms with van der Waals surface area (Å²) in [6.07, 6.45) is 1.64. The van der Waals surface area contributed by atoms with Crippen molar-refractivity contribution in [3.8, 4) is 11.8 Å². The third-order valence-electron chi connectivity index (χ3n) is 2.73. The van der Waals surface area contributed by atoms with Crippen LogP contribution in [0.5, 0.6) is 5.75 Å². The van der Waals surface area contributed by atoms with Crippen LogP contribution >= 0.6 is 0 Å². The molecule has 0 aliphatic heterocycles. The number of ketones is 1. The number of Topliss-reactive ketones (excluding diaryl/α,β-unsaturated/α-hetero) is 1. The lowest BCUT2D eigenvalue weighted by molar-refractivity contribution is 0.0971. The molecule has 0 amide bonds. The van der Waals surface area contributed by atoms with E-state index >= 15 is 0 Å². The molecule has 2 rings (SSSR count). The summed E-state index contributed by atoms with van der Waals surface area (Å²) in [5.41, 5.74) is 0.637. The fourth-order valence-corrected chi connectivity index (χ4v) is 1.74. The number of rotatable bonds is 4. The van der Waals surface area contributed by atoms with Crippen LogP contribution in [0, 0.1) is 17.1 Å². The Balaban J connectivity index is 2.21. The zero-order valence-corrected chi connectivity index (χ0v) is 10.3. The summed E-state index contributed by atoms with van der Waals surface area (Å²) in [6, 6.07) is 9.31. The molecule has 0 N–H and O–H groups in total. The van der Waals surface area contributed by atoms with E-state index in [1.54, 1.807) is 18.3 Å². The molecule has 5 heteroatoms. The van der Waals surface area contributed by atoms with Crippen LogP contribution in [0.25, 0.3) is 0 Å². The summed E-state index contributed by atoms with van der Waals surface area (Å²) in [5.74, 6) is -0.758. The minimum Gasteiger partial charge on any atom is -0.494 e. The number of carbonyl (C=O) groups is 1. The molecule has 1 aromatic carbocycles. The summed E-state index contributed by atoms with van der Waals surface area (Å²) in [7, 11) is 1.36. The molecule has 0 aliphatic rings. The maximum absolute atomic E-state index is 13.5. The van der Waals surface area contributed by atoms with Crippen LogP contribution in [0.4, 0.5) is 4.39 Å². The highest BCUT2D eigenvalue weighted by Gasteiger charge is 2.12. The largest absolute Gasteiger partial charge is 0.494 e. The van der Waals surface area contributed by atoms with Gasteiger partial charge < -0.3 is 9.30 Å². The average molecular weight is 258 g/mol. The van der Waals surface area contributed by atoms with E-state index in [0.29, 0.717) is 5.69 Å². The first-order valence-corrected chi connectivity index (χ1v) is 5.57. The lowest BCUT2D eigenvalue weighted by Crippen LogP contribution is -2.11. The van der Waals surface area contributed by atoms with Gasteiger partial charge in [-0.3, -0.25) is 4.79 Å². The third kappa shape index (κ3) is 2.63. The number of aromatic nitrogens is 1. The minimum atomic E-state index is -0.582. The van der Waals surface area contributed by atoms with Crippen molar-refractivity contribution < 1.29 is 13.9 Å². The Morgan fingerprint density at radius 1 is 1.47 bits per heavy atom. The lowest BCUT2D eigenvalue weighted by atomic mass is 10.1. The van der Waals surface area contributed by atoms with E-state index in [1.165, 1.54) is 23.8 Å². The summed E-state index contributed by atoms with van der Waals surface area (Å²) in [5, 5.41) is 8.84. The van der Waals surface area contributed by atoms with Gasteiger partial charge in [0, 0.05) is 11.8 Å². The van der Waals surface area contributed by atoms with Crippen LogP contribution in [0.1, 0.15) is 16.1 Å². The fraction of sp³-hybridized carbons (Fsp3) is 0.143. The molecule has 4 nitrogen and oxygen atoms in total. The predicted molar refractivity (Wildman–Crippen MR) is 66.4 cm³/mol. The number of hydrogen-bond donors (Lipinski definition) is 0. The van der Waals surface area contributed by atoms with Crippen molar-refractivity contribution in [3.63, 3.8) is 0 Å². The number of carbonyl (C=O) groups excluding carboxylic acids is 1. The van der Waals surface area contributed by atoms with E-state index < -0.39 is 5.82 Å². The second-order valence-corrected chi connectivity index (χ2v) is 3.91. The van der Waals surface area contributed by atoms with Crippen LogP contribution in [0.2, 0.25) is 0 Å². The predicted octanol–water partition coefficient (Wildman–Crippen LogP) is 2.39. The van der Waals surface area contributed by atoms with Gasteiger partial charge in [0.15, 0.2) is 17.3 Å². The van der Waals surface area contributed by atoms with Gasteiger partial charge in [0.1, 0.15) is 11.8 Å². The molecule has 1 heterocycles. The molecule has 96 valence electrons. The van der Waals surface area contributed by atoms with Gasteiger partial charge in [-0.25, -0.2) is 4.39 Å². The summed E-state index contributed by atoms with van der Waals surface area (Å²) in [4.78, 5) is 12.0. The molecule has 0 bridgehead atoms. The molecule has 0 spiro atoms. The molecule has 0 fully saturated rings. The molecule has 0 saturated carbocycles. The Hall–Kier alpha value is -2.61. The van der Waals surface area contributed by atoms with E-state index in [-0.39, 0.29) is 23.6 Å². The Labute approximate surface area is 109 Å². The highest BCUT2D eigenvalue weighted by Crippen LogP contribution is 2.18. The number of ether oxygens (including phenoxy) is 1. The van der Waals surface area contributed by atoms with E-state index in [4.69, 9.17) is 10.00 Å². The monoisotopic (exact) mass is 258 g/mol. The van der Waals surface area contributed by atoms with Gasteiger partial charge in [0.05, 0.1) is 13.7 Å². The quantitative estimate of drug-likeness (QED) is 0.791. The maximum atomic E-state index is 13.5. The number of nitriles is 1. The molecule has 0 aliphatic carbocycles. The van der Waals surface area contributed by atoms with Crippen molar-refractivity contribution in [3.05, 3.63) is 53.6 Å². The maximum Gasteiger partial charge on any atom is 0.182 e. The third-order valence-corrected chi connectivity index (χ3v) is 2.73. The van der Waals surface area contributed by atoms with E-state index in [9.17, 15) is 9.18 Å². The minimum absolute atomic E-state index is 0.00165. The fourth-order valence-electron chi connectivity index (χ4n) is 1.74. The van der Waals surface area contributed by atoms with Gasteiger partial charge in [-0.1, -0.05) is 0 Å². The Morgan fingerprint density at radius 2 is 2.26 bits per heavy atom. The highest BCUT2D eigenvalue weighted by molar-refractivity contribution is 5.96. The van der Waals surface area contributed by atoms with E-state index in [2.05, 4.69) is 0 Å². The van der Waals surface area contributed by atoms with Crippen molar-refractivity contribution in [2.45, 2.75) is 6.54 Å². The highest BCUT2D eigenvalue weighted by atomic mass is 19.1. The normalized spacial score (nSPS) is 9.95. The number of halogens is 1. The summed E-state index contributed by atoms with van der Waals surface area (Å²) >= 11 is 0. The summed E-state index contributed by atoms with van der Waals surface area (Å²) in [6.45, 7) is 0.00165. The van der Waals surface area contributed by atoms with Crippen molar-refractivity contribution in [1.82, 2.24) is 4.57 Å². The molecule has 0 unspecified atom stereocenters. The molecule has 0 atom stereocenters. The van der Waals surface area contributed by atoms with Crippen molar-refractivity contribution in [2.24, 2.45) is 0 Å². The second kappa shape index (κ2) is 5.36. The standard InChI is InChI=1S/C14H11FN2O2/c1-19-14-5-4-10(7-12(14)15)13(18)9-17-6-2-3-11(17)8-16/h2-7H,9H2,1H3. The van der Waals surface area contributed by atoms with Crippen molar-refractivity contribution in [2.75, 3.05) is 7.11 Å². The first kappa shape index (κ1) is 12.8. The Morgan fingerprint density at radius 3 is 2.89 bits per heavy atom. The smallest absolute Gasteiger partial charge is 0.182 e.